The highest BCUT2D eigenvalue weighted by molar-refractivity contribution is 7.11. The van der Waals surface area contributed by atoms with Crippen molar-refractivity contribution in [1.29, 1.82) is 0 Å². The van der Waals surface area contributed by atoms with Crippen molar-refractivity contribution in [3.8, 4) is 0 Å². The summed E-state index contributed by atoms with van der Waals surface area (Å²) in [4.78, 5) is 5.87. The quantitative estimate of drug-likeness (QED) is 0.826. The van der Waals surface area contributed by atoms with Gasteiger partial charge in [-0.15, -0.1) is 11.3 Å². The Balaban J connectivity index is 1.84. The van der Waals surface area contributed by atoms with Crippen LogP contribution >= 0.6 is 11.3 Å². The highest BCUT2D eigenvalue weighted by Gasteiger charge is 2.27. The molecule has 0 saturated heterocycles. The Morgan fingerprint density at radius 3 is 2.71 bits per heavy atom. The van der Waals surface area contributed by atoms with Gasteiger partial charge in [0.25, 0.3) is 0 Å². The van der Waals surface area contributed by atoms with Crippen LogP contribution in [0.3, 0.4) is 0 Å². The third-order valence-corrected chi connectivity index (χ3v) is 4.05. The molecule has 1 unspecified atom stereocenters. The summed E-state index contributed by atoms with van der Waals surface area (Å²) >= 11 is 1.81. The molecule has 1 aromatic heterocycles. The Morgan fingerprint density at radius 2 is 2.21 bits per heavy atom. The minimum Gasteiger partial charge on any atom is -0.308 e. The molecule has 1 aliphatic carbocycles. The van der Waals surface area contributed by atoms with E-state index in [1.54, 1.807) is 0 Å². The zero-order valence-corrected chi connectivity index (χ0v) is 9.95. The zero-order chi connectivity index (χ0) is 10.1. The largest absolute Gasteiger partial charge is 0.308 e. The van der Waals surface area contributed by atoms with Crippen molar-refractivity contribution in [1.82, 2.24) is 10.3 Å². The van der Waals surface area contributed by atoms with Crippen LogP contribution in [0.5, 0.6) is 0 Å². The standard InChI is InChI=1S/C11H18N2S/c1-7-9(3)14-11(13-7)6-12-8(2)10-4-5-10/h8,10,12H,4-6H2,1-3H3. The van der Waals surface area contributed by atoms with Crippen molar-refractivity contribution in [2.24, 2.45) is 5.92 Å². The summed E-state index contributed by atoms with van der Waals surface area (Å²) < 4.78 is 0. The van der Waals surface area contributed by atoms with Gasteiger partial charge in [-0.1, -0.05) is 0 Å². The first-order valence-corrected chi connectivity index (χ1v) is 6.14. The molecule has 78 valence electrons. The van der Waals surface area contributed by atoms with Gasteiger partial charge < -0.3 is 5.32 Å². The Morgan fingerprint density at radius 1 is 1.50 bits per heavy atom. The minimum absolute atomic E-state index is 0.666. The van der Waals surface area contributed by atoms with Gasteiger partial charge in [-0.3, -0.25) is 0 Å². The fraction of sp³-hybridized carbons (Fsp3) is 0.727. The van der Waals surface area contributed by atoms with Crippen LogP contribution in [0.4, 0.5) is 0 Å². The van der Waals surface area contributed by atoms with Gasteiger partial charge >= 0.3 is 0 Å². The van der Waals surface area contributed by atoms with Gasteiger partial charge in [0.1, 0.15) is 5.01 Å². The molecular weight excluding hydrogens is 192 g/mol. The molecule has 1 saturated carbocycles. The van der Waals surface area contributed by atoms with Gasteiger partial charge in [-0.05, 0) is 39.5 Å². The molecule has 0 radical (unpaired) electrons. The summed E-state index contributed by atoms with van der Waals surface area (Å²) in [6.45, 7) is 7.45. The summed E-state index contributed by atoms with van der Waals surface area (Å²) in [5, 5.41) is 4.78. The van der Waals surface area contributed by atoms with E-state index in [2.05, 4.69) is 31.1 Å². The second-order valence-electron chi connectivity index (χ2n) is 4.26. The lowest BCUT2D eigenvalue weighted by atomic mass is 10.2. The monoisotopic (exact) mass is 210 g/mol. The SMILES string of the molecule is Cc1nc(CNC(C)C2CC2)sc1C. The van der Waals surface area contributed by atoms with E-state index in [1.165, 1.54) is 28.4 Å². The van der Waals surface area contributed by atoms with Crippen LogP contribution in [0, 0.1) is 19.8 Å². The lowest BCUT2D eigenvalue weighted by molar-refractivity contribution is 0.495. The molecule has 2 nitrogen and oxygen atoms in total. The maximum Gasteiger partial charge on any atom is 0.107 e. The smallest absolute Gasteiger partial charge is 0.107 e. The molecule has 1 N–H and O–H groups in total. The third kappa shape index (κ3) is 2.34. The first-order valence-electron chi connectivity index (χ1n) is 5.33. The Labute approximate surface area is 89.8 Å². The maximum absolute atomic E-state index is 4.52. The van der Waals surface area contributed by atoms with E-state index in [4.69, 9.17) is 0 Å². The molecule has 1 heterocycles. The molecule has 0 bridgehead atoms. The molecule has 2 rings (SSSR count). The van der Waals surface area contributed by atoms with Crippen LogP contribution in [-0.4, -0.2) is 11.0 Å². The number of rotatable bonds is 4. The van der Waals surface area contributed by atoms with Crippen LogP contribution in [-0.2, 0) is 6.54 Å². The molecule has 1 aliphatic rings. The summed E-state index contributed by atoms with van der Waals surface area (Å²) in [6.07, 6.45) is 2.81. The fourth-order valence-corrected chi connectivity index (χ4v) is 2.51. The highest BCUT2D eigenvalue weighted by Crippen LogP contribution is 2.32. The number of thiazole rings is 1. The van der Waals surface area contributed by atoms with E-state index in [0.717, 1.165) is 12.5 Å². The van der Waals surface area contributed by atoms with Crippen molar-refractivity contribution in [3.05, 3.63) is 15.6 Å². The average molecular weight is 210 g/mol. The van der Waals surface area contributed by atoms with Crippen LogP contribution in [0.15, 0.2) is 0 Å². The van der Waals surface area contributed by atoms with Crippen LogP contribution in [0.1, 0.15) is 35.3 Å². The second kappa shape index (κ2) is 3.99. The van der Waals surface area contributed by atoms with Crippen molar-refractivity contribution < 1.29 is 0 Å². The number of aryl methyl sites for hydroxylation is 2. The molecule has 0 amide bonds. The first kappa shape index (κ1) is 10.1. The van der Waals surface area contributed by atoms with Gasteiger partial charge in [0.2, 0.25) is 0 Å². The van der Waals surface area contributed by atoms with E-state index in [-0.39, 0.29) is 0 Å². The fourth-order valence-electron chi connectivity index (χ4n) is 1.63. The van der Waals surface area contributed by atoms with Gasteiger partial charge in [-0.25, -0.2) is 4.98 Å². The van der Waals surface area contributed by atoms with Gasteiger partial charge in [0, 0.05) is 17.5 Å². The topological polar surface area (TPSA) is 24.9 Å². The van der Waals surface area contributed by atoms with E-state index in [1.807, 2.05) is 11.3 Å². The number of nitrogens with one attached hydrogen (secondary N) is 1. The highest BCUT2D eigenvalue weighted by atomic mass is 32.1. The van der Waals surface area contributed by atoms with E-state index < -0.39 is 0 Å². The van der Waals surface area contributed by atoms with E-state index in [9.17, 15) is 0 Å². The molecule has 14 heavy (non-hydrogen) atoms. The van der Waals surface area contributed by atoms with Crippen molar-refractivity contribution >= 4 is 11.3 Å². The molecule has 0 spiro atoms. The van der Waals surface area contributed by atoms with Crippen LogP contribution < -0.4 is 5.32 Å². The first-order chi connectivity index (χ1) is 6.66. The summed E-state index contributed by atoms with van der Waals surface area (Å²) in [5.74, 6) is 0.928. The Kier molecular flexibility index (Phi) is 2.88. The summed E-state index contributed by atoms with van der Waals surface area (Å²) in [6, 6.07) is 0.666. The number of nitrogens with zero attached hydrogens (tertiary/aromatic N) is 1. The van der Waals surface area contributed by atoms with Gasteiger partial charge in [0.15, 0.2) is 0 Å². The average Bonchev–Trinajstić information content (AvgIpc) is 2.92. The summed E-state index contributed by atoms with van der Waals surface area (Å²) in [5.41, 5.74) is 1.19. The maximum atomic E-state index is 4.52. The Hall–Kier alpha value is -0.410. The third-order valence-electron chi connectivity index (χ3n) is 2.98. The molecule has 3 heteroatoms. The lowest BCUT2D eigenvalue weighted by Gasteiger charge is -2.10. The Bertz CT molecular complexity index is 296. The predicted octanol–water partition coefficient (Wildman–Crippen LogP) is 2.65. The molecule has 0 aromatic carbocycles. The normalized spacial score (nSPS) is 18.5. The molecule has 1 fully saturated rings. The van der Waals surface area contributed by atoms with Gasteiger partial charge in [0.05, 0.1) is 5.69 Å². The number of aromatic nitrogens is 1. The zero-order valence-electron chi connectivity index (χ0n) is 9.13. The predicted molar refractivity (Wildman–Crippen MR) is 60.6 cm³/mol. The lowest BCUT2D eigenvalue weighted by Crippen LogP contribution is -2.27. The van der Waals surface area contributed by atoms with Crippen LogP contribution in [0.2, 0.25) is 0 Å². The molecule has 1 atom stereocenters. The van der Waals surface area contributed by atoms with Crippen molar-refractivity contribution in [2.75, 3.05) is 0 Å². The number of hydrogen-bond donors (Lipinski definition) is 1. The molecule has 0 aliphatic heterocycles. The molecular formula is C11H18N2S. The van der Waals surface area contributed by atoms with Gasteiger partial charge in [-0.2, -0.15) is 0 Å². The van der Waals surface area contributed by atoms with Crippen molar-refractivity contribution in [3.63, 3.8) is 0 Å². The van der Waals surface area contributed by atoms with Crippen molar-refractivity contribution in [2.45, 2.75) is 46.2 Å². The second-order valence-corrected chi connectivity index (χ2v) is 5.54. The van der Waals surface area contributed by atoms with Crippen LogP contribution in [0.25, 0.3) is 0 Å². The van der Waals surface area contributed by atoms with E-state index >= 15 is 0 Å². The number of hydrogen-bond acceptors (Lipinski definition) is 3. The van der Waals surface area contributed by atoms with E-state index in [0.29, 0.717) is 6.04 Å². The summed E-state index contributed by atoms with van der Waals surface area (Å²) in [7, 11) is 0. The minimum atomic E-state index is 0.666. The molecule has 1 aromatic rings.